The number of rotatable bonds is 3. The van der Waals surface area contributed by atoms with Crippen LogP contribution in [0.1, 0.15) is 0 Å². The fraction of sp³-hybridized carbons (Fsp3) is 0.250. The minimum absolute atomic E-state index is 0.276. The summed E-state index contributed by atoms with van der Waals surface area (Å²) in [5, 5.41) is 8.14. The first kappa shape index (κ1) is 10.6. The molecule has 3 rings (SSSR count). The molecule has 0 radical (unpaired) electrons. The van der Waals surface area contributed by atoms with Crippen LogP contribution in [0.25, 0.3) is 5.69 Å². The van der Waals surface area contributed by atoms with Gasteiger partial charge in [0.2, 0.25) is 0 Å². The molecule has 0 atom stereocenters. The highest BCUT2D eigenvalue weighted by atomic mass is 35.5. The van der Waals surface area contributed by atoms with Gasteiger partial charge in [0.15, 0.2) is 5.75 Å². The first-order valence-corrected chi connectivity index (χ1v) is 5.87. The SMILES string of the molecule is Clc1ccc(-n2cc(OC3CNC3)cn2)cc1. The second-order valence-corrected chi connectivity index (χ2v) is 4.43. The minimum atomic E-state index is 0.276. The Morgan fingerprint density at radius 2 is 2.06 bits per heavy atom. The number of nitrogens with one attached hydrogen (secondary N) is 1. The number of hydrogen-bond donors (Lipinski definition) is 1. The minimum Gasteiger partial charge on any atom is -0.484 e. The topological polar surface area (TPSA) is 39.1 Å². The molecule has 0 unspecified atom stereocenters. The quantitative estimate of drug-likeness (QED) is 0.903. The molecule has 1 N–H and O–H groups in total. The lowest BCUT2D eigenvalue weighted by atomic mass is 10.2. The van der Waals surface area contributed by atoms with Gasteiger partial charge in [-0.05, 0) is 24.3 Å². The Morgan fingerprint density at radius 1 is 1.29 bits per heavy atom. The third-order valence-corrected chi connectivity index (χ3v) is 2.95. The molecule has 1 aromatic carbocycles. The Hall–Kier alpha value is -1.52. The average Bonchev–Trinajstić information content (AvgIpc) is 2.73. The number of hydrogen-bond acceptors (Lipinski definition) is 3. The van der Waals surface area contributed by atoms with Gasteiger partial charge in [-0.1, -0.05) is 11.6 Å². The number of ether oxygens (including phenoxy) is 1. The van der Waals surface area contributed by atoms with Crippen molar-refractivity contribution in [3.63, 3.8) is 0 Å². The van der Waals surface area contributed by atoms with E-state index in [1.165, 1.54) is 0 Å². The maximum Gasteiger partial charge on any atom is 0.158 e. The molecule has 2 heterocycles. The van der Waals surface area contributed by atoms with Crippen molar-refractivity contribution in [3.8, 4) is 11.4 Å². The largest absolute Gasteiger partial charge is 0.484 e. The van der Waals surface area contributed by atoms with Crippen molar-refractivity contribution in [2.45, 2.75) is 6.10 Å². The van der Waals surface area contributed by atoms with Gasteiger partial charge in [0, 0.05) is 18.1 Å². The maximum atomic E-state index is 5.84. The Bertz CT molecular complexity index is 505. The molecule has 5 heteroatoms. The van der Waals surface area contributed by atoms with E-state index in [2.05, 4.69) is 10.4 Å². The summed E-state index contributed by atoms with van der Waals surface area (Å²) in [5.41, 5.74) is 0.969. The zero-order chi connectivity index (χ0) is 11.7. The lowest BCUT2D eigenvalue weighted by Crippen LogP contribution is -2.50. The smallest absolute Gasteiger partial charge is 0.158 e. The van der Waals surface area contributed by atoms with Crippen LogP contribution < -0.4 is 10.1 Å². The number of nitrogens with zero attached hydrogens (tertiary/aromatic N) is 2. The van der Waals surface area contributed by atoms with Gasteiger partial charge >= 0.3 is 0 Å². The molecule has 0 amide bonds. The standard InChI is InChI=1S/C12H12ClN3O/c13-9-1-3-10(4-2-9)16-8-12(7-15-16)17-11-5-14-6-11/h1-4,7-8,11,14H,5-6H2. The predicted molar refractivity (Wildman–Crippen MR) is 65.9 cm³/mol. The molecule has 1 saturated heterocycles. The average molecular weight is 250 g/mol. The second kappa shape index (κ2) is 4.39. The van der Waals surface area contributed by atoms with Crippen LogP contribution in [0.4, 0.5) is 0 Å². The first-order valence-electron chi connectivity index (χ1n) is 5.49. The van der Waals surface area contributed by atoms with E-state index < -0.39 is 0 Å². The Balaban J connectivity index is 1.76. The highest BCUT2D eigenvalue weighted by molar-refractivity contribution is 6.30. The molecule has 0 aliphatic carbocycles. The zero-order valence-corrected chi connectivity index (χ0v) is 9.89. The summed E-state index contributed by atoms with van der Waals surface area (Å²) in [6.07, 6.45) is 3.88. The summed E-state index contributed by atoms with van der Waals surface area (Å²) in [5.74, 6) is 0.798. The van der Waals surface area contributed by atoms with Crippen LogP contribution in [-0.4, -0.2) is 29.0 Å². The fourth-order valence-corrected chi connectivity index (χ4v) is 1.77. The molecule has 1 fully saturated rings. The molecular formula is C12H12ClN3O. The third kappa shape index (κ3) is 2.28. The van der Waals surface area contributed by atoms with Gasteiger partial charge in [-0.3, -0.25) is 0 Å². The van der Waals surface area contributed by atoms with Gasteiger partial charge in [-0.15, -0.1) is 0 Å². The van der Waals surface area contributed by atoms with Gasteiger partial charge in [0.05, 0.1) is 18.1 Å². The van der Waals surface area contributed by atoms with Gasteiger partial charge < -0.3 is 10.1 Å². The molecule has 88 valence electrons. The summed E-state index contributed by atoms with van der Waals surface area (Å²) in [6.45, 7) is 1.82. The monoisotopic (exact) mass is 249 g/mol. The fourth-order valence-electron chi connectivity index (χ4n) is 1.64. The number of halogens is 1. The van der Waals surface area contributed by atoms with Crippen molar-refractivity contribution >= 4 is 11.6 Å². The van der Waals surface area contributed by atoms with Crippen molar-refractivity contribution in [3.05, 3.63) is 41.7 Å². The van der Waals surface area contributed by atoms with Crippen LogP contribution in [0.15, 0.2) is 36.7 Å². The van der Waals surface area contributed by atoms with Crippen molar-refractivity contribution in [1.29, 1.82) is 0 Å². The highest BCUT2D eigenvalue weighted by Gasteiger charge is 2.18. The third-order valence-electron chi connectivity index (χ3n) is 2.70. The van der Waals surface area contributed by atoms with Crippen LogP contribution in [-0.2, 0) is 0 Å². The van der Waals surface area contributed by atoms with Crippen molar-refractivity contribution < 1.29 is 4.74 Å². The van der Waals surface area contributed by atoms with E-state index in [0.717, 1.165) is 29.5 Å². The van der Waals surface area contributed by atoms with Crippen LogP contribution in [0, 0.1) is 0 Å². The van der Waals surface area contributed by atoms with Gasteiger partial charge in [0.1, 0.15) is 6.10 Å². The van der Waals surface area contributed by atoms with Gasteiger partial charge in [-0.2, -0.15) is 5.10 Å². The summed E-state index contributed by atoms with van der Waals surface area (Å²) < 4.78 is 7.48. The van der Waals surface area contributed by atoms with Gasteiger partial charge in [-0.25, -0.2) is 4.68 Å². The van der Waals surface area contributed by atoms with Crippen LogP contribution in [0.3, 0.4) is 0 Å². The molecule has 17 heavy (non-hydrogen) atoms. The molecule has 1 aliphatic rings. The van der Waals surface area contributed by atoms with Crippen LogP contribution >= 0.6 is 11.6 Å². The number of benzene rings is 1. The number of aromatic nitrogens is 2. The van der Waals surface area contributed by atoms with Crippen LogP contribution in [0.5, 0.6) is 5.75 Å². The second-order valence-electron chi connectivity index (χ2n) is 4.00. The molecule has 0 spiro atoms. The predicted octanol–water partition coefficient (Wildman–Crippen LogP) is 1.88. The molecule has 1 aliphatic heterocycles. The Kier molecular flexibility index (Phi) is 2.74. The Labute approximate surface area is 104 Å². The Morgan fingerprint density at radius 3 is 2.71 bits per heavy atom. The lowest BCUT2D eigenvalue weighted by molar-refractivity contribution is 0.142. The summed E-state index contributed by atoms with van der Waals surface area (Å²) in [6, 6.07) is 7.53. The molecular weight excluding hydrogens is 238 g/mol. The molecule has 2 aromatic rings. The van der Waals surface area contributed by atoms with Gasteiger partial charge in [0.25, 0.3) is 0 Å². The van der Waals surface area contributed by atoms with Crippen molar-refractivity contribution in [2.75, 3.05) is 13.1 Å². The summed E-state index contributed by atoms with van der Waals surface area (Å²) in [4.78, 5) is 0. The maximum absolute atomic E-state index is 5.84. The van der Waals surface area contributed by atoms with E-state index in [0.29, 0.717) is 0 Å². The lowest BCUT2D eigenvalue weighted by Gasteiger charge is -2.26. The van der Waals surface area contributed by atoms with E-state index in [9.17, 15) is 0 Å². The van der Waals surface area contributed by atoms with E-state index in [4.69, 9.17) is 16.3 Å². The van der Waals surface area contributed by atoms with E-state index in [1.54, 1.807) is 10.9 Å². The van der Waals surface area contributed by atoms with E-state index in [1.807, 2.05) is 30.5 Å². The summed E-state index contributed by atoms with van der Waals surface area (Å²) >= 11 is 5.84. The van der Waals surface area contributed by atoms with Crippen molar-refractivity contribution in [2.24, 2.45) is 0 Å². The molecule has 1 aromatic heterocycles. The normalized spacial score (nSPS) is 15.6. The molecule has 0 saturated carbocycles. The first-order chi connectivity index (χ1) is 8.31. The zero-order valence-electron chi connectivity index (χ0n) is 9.14. The highest BCUT2D eigenvalue weighted by Crippen LogP contribution is 2.17. The van der Waals surface area contributed by atoms with E-state index in [-0.39, 0.29) is 6.10 Å². The van der Waals surface area contributed by atoms with Crippen LogP contribution in [0.2, 0.25) is 5.02 Å². The summed E-state index contributed by atoms with van der Waals surface area (Å²) in [7, 11) is 0. The molecule has 0 bridgehead atoms. The molecule has 4 nitrogen and oxygen atoms in total. The van der Waals surface area contributed by atoms with Crippen molar-refractivity contribution in [1.82, 2.24) is 15.1 Å². The van der Waals surface area contributed by atoms with E-state index >= 15 is 0 Å².